The van der Waals surface area contributed by atoms with Gasteiger partial charge in [0.2, 0.25) is 5.91 Å². The number of amides is 3. The van der Waals surface area contributed by atoms with E-state index in [9.17, 15) is 9.59 Å². The van der Waals surface area contributed by atoms with Crippen molar-refractivity contribution in [2.45, 2.75) is 12.8 Å². The van der Waals surface area contributed by atoms with Crippen LogP contribution in [0, 0.1) is 0 Å². The second-order valence-electron chi connectivity index (χ2n) is 4.74. The number of anilines is 1. The molecule has 23 heavy (non-hydrogen) atoms. The molecule has 0 fully saturated rings. The van der Waals surface area contributed by atoms with Crippen molar-refractivity contribution in [1.82, 2.24) is 10.9 Å². The summed E-state index contributed by atoms with van der Waals surface area (Å²) in [6, 6.07) is 13.7. The first-order chi connectivity index (χ1) is 11.0. The van der Waals surface area contributed by atoms with Gasteiger partial charge in [-0.1, -0.05) is 53.5 Å². The van der Waals surface area contributed by atoms with Crippen LogP contribution in [-0.4, -0.2) is 11.9 Å². The van der Waals surface area contributed by atoms with Gasteiger partial charge in [-0.2, -0.15) is 0 Å². The SMILES string of the molecule is O=C(CCc1ccccc1)NNC(=O)Nc1ccc(Cl)c(Cl)c1. The Hall–Kier alpha value is -2.24. The van der Waals surface area contributed by atoms with Gasteiger partial charge < -0.3 is 5.32 Å². The summed E-state index contributed by atoms with van der Waals surface area (Å²) in [6.07, 6.45) is 0.875. The van der Waals surface area contributed by atoms with Crippen LogP contribution in [0.4, 0.5) is 10.5 Å². The van der Waals surface area contributed by atoms with Gasteiger partial charge in [0.1, 0.15) is 0 Å². The van der Waals surface area contributed by atoms with Crippen molar-refractivity contribution in [3.63, 3.8) is 0 Å². The highest BCUT2D eigenvalue weighted by molar-refractivity contribution is 6.42. The van der Waals surface area contributed by atoms with E-state index in [0.29, 0.717) is 22.2 Å². The Morgan fingerprint density at radius 2 is 1.65 bits per heavy atom. The van der Waals surface area contributed by atoms with Crippen molar-refractivity contribution in [3.8, 4) is 0 Å². The zero-order chi connectivity index (χ0) is 16.7. The molecular weight excluding hydrogens is 337 g/mol. The average Bonchev–Trinajstić information content (AvgIpc) is 2.55. The molecule has 0 aliphatic heterocycles. The lowest BCUT2D eigenvalue weighted by Crippen LogP contribution is -2.44. The van der Waals surface area contributed by atoms with Crippen LogP contribution in [0.25, 0.3) is 0 Å². The van der Waals surface area contributed by atoms with Crippen molar-refractivity contribution >= 4 is 40.8 Å². The van der Waals surface area contributed by atoms with E-state index in [1.165, 1.54) is 6.07 Å². The summed E-state index contributed by atoms with van der Waals surface area (Å²) in [5, 5.41) is 3.26. The first kappa shape index (κ1) is 17.1. The smallest absolute Gasteiger partial charge is 0.307 e. The molecule has 0 saturated carbocycles. The van der Waals surface area contributed by atoms with Crippen LogP contribution in [0.5, 0.6) is 0 Å². The van der Waals surface area contributed by atoms with Gasteiger partial charge in [0.05, 0.1) is 10.0 Å². The maximum absolute atomic E-state index is 11.7. The zero-order valence-corrected chi connectivity index (χ0v) is 13.6. The van der Waals surface area contributed by atoms with Gasteiger partial charge in [-0.05, 0) is 30.2 Å². The van der Waals surface area contributed by atoms with E-state index in [0.717, 1.165) is 5.56 Å². The normalized spacial score (nSPS) is 10.0. The monoisotopic (exact) mass is 351 g/mol. The Balaban J connectivity index is 1.73. The third-order valence-electron chi connectivity index (χ3n) is 2.98. The second-order valence-corrected chi connectivity index (χ2v) is 5.56. The third kappa shape index (κ3) is 5.81. The Morgan fingerprint density at radius 3 is 2.35 bits per heavy atom. The van der Waals surface area contributed by atoms with Gasteiger partial charge in [0.15, 0.2) is 0 Å². The molecule has 5 nitrogen and oxygen atoms in total. The number of hydrogen-bond acceptors (Lipinski definition) is 2. The number of benzene rings is 2. The number of aryl methyl sites for hydroxylation is 1. The number of carbonyl (C=O) groups is 2. The molecule has 0 spiro atoms. The summed E-state index contributed by atoms with van der Waals surface area (Å²) >= 11 is 11.6. The molecule has 2 rings (SSSR count). The van der Waals surface area contributed by atoms with Crippen LogP contribution in [0.3, 0.4) is 0 Å². The number of nitrogens with one attached hydrogen (secondary N) is 3. The van der Waals surface area contributed by atoms with Crippen LogP contribution >= 0.6 is 23.2 Å². The van der Waals surface area contributed by atoms with Crippen LogP contribution in [0.15, 0.2) is 48.5 Å². The minimum absolute atomic E-state index is 0.275. The number of rotatable bonds is 4. The summed E-state index contributed by atoms with van der Waals surface area (Å²) in [7, 11) is 0. The van der Waals surface area contributed by atoms with Crippen LogP contribution < -0.4 is 16.2 Å². The van der Waals surface area contributed by atoms with Crippen molar-refractivity contribution in [3.05, 3.63) is 64.1 Å². The third-order valence-corrected chi connectivity index (χ3v) is 3.72. The van der Waals surface area contributed by atoms with Crippen LogP contribution in [0.1, 0.15) is 12.0 Å². The zero-order valence-electron chi connectivity index (χ0n) is 12.1. The van der Waals surface area contributed by atoms with E-state index in [1.807, 2.05) is 30.3 Å². The Labute approximate surface area is 143 Å². The number of carbonyl (C=O) groups excluding carboxylic acids is 2. The lowest BCUT2D eigenvalue weighted by Gasteiger charge is -2.09. The molecule has 0 unspecified atom stereocenters. The predicted molar refractivity (Wildman–Crippen MR) is 91.5 cm³/mol. The van der Waals surface area contributed by atoms with Crippen molar-refractivity contribution < 1.29 is 9.59 Å². The lowest BCUT2D eigenvalue weighted by molar-refractivity contribution is -0.121. The van der Waals surface area contributed by atoms with E-state index in [1.54, 1.807) is 12.1 Å². The minimum atomic E-state index is -0.573. The molecule has 0 bridgehead atoms. The quantitative estimate of drug-likeness (QED) is 0.733. The van der Waals surface area contributed by atoms with Gasteiger partial charge in [-0.15, -0.1) is 0 Å². The van der Waals surface area contributed by atoms with Gasteiger partial charge in [-0.3, -0.25) is 10.2 Å². The number of halogens is 2. The molecule has 3 N–H and O–H groups in total. The molecule has 0 heterocycles. The molecule has 0 aliphatic rings. The number of urea groups is 1. The molecular formula is C16H15Cl2N3O2. The fraction of sp³-hybridized carbons (Fsp3) is 0.125. The predicted octanol–water partition coefficient (Wildman–Crippen LogP) is 3.78. The van der Waals surface area contributed by atoms with E-state index < -0.39 is 6.03 Å². The number of hydrogen-bond donors (Lipinski definition) is 3. The molecule has 3 amide bonds. The Bertz CT molecular complexity index is 693. The highest BCUT2D eigenvalue weighted by atomic mass is 35.5. The van der Waals surface area contributed by atoms with E-state index in [2.05, 4.69) is 16.2 Å². The summed E-state index contributed by atoms with van der Waals surface area (Å²) in [5.74, 6) is -0.279. The van der Waals surface area contributed by atoms with Crippen LogP contribution in [-0.2, 0) is 11.2 Å². The van der Waals surface area contributed by atoms with E-state index >= 15 is 0 Å². The van der Waals surface area contributed by atoms with E-state index in [4.69, 9.17) is 23.2 Å². The second kappa shape index (κ2) is 8.41. The van der Waals surface area contributed by atoms with Gasteiger partial charge in [0.25, 0.3) is 0 Å². The molecule has 120 valence electrons. The van der Waals surface area contributed by atoms with Crippen molar-refractivity contribution in [2.24, 2.45) is 0 Å². The molecule has 2 aromatic carbocycles. The summed E-state index contributed by atoms with van der Waals surface area (Å²) in [5.41, 5.74) is 6.14. The Kier molecular flexibility index (Phi) is 6.26. The molecule has 2 aromatic rings. The fourth-order valence-electron chi connectivity index (χ4n) is 1.83. The van der Waals surface area contributed by atoms with Gasteiger partial charge in [0, 0.05) is 12.1 Å². The summed E-state index contributed by atoms with van der Waals surface area (Å²) in [6.45, 7) is 0. The highest BCUT2D eigenvalue weighted by Crippen LogP contribution is 2.24. The summed E-state index contributed by atoms with van der Waals surface area (Å²) < 4.78 is 0. The largest absolute Gasteiger partial charge is 0.337 e. The minimum Gasteiger partial charge on any atom is -0.307 e. The molecule has 0 aliphatic carbocycles. The topological polar surface area (TPSA) is 70.2 Å². The molecule has 0 aromatic heterocycles. The standard InChI is InChI=1S/C16H15Cl2N3O2/c17-13-8-7-12(10-14(13)18)19-16(23)21-20-15(22)9-6-11-4-2-1-3-5-11/h1-5,7-8,10H,6,9H2,(H,20,22)(H2,19,21,23). The van der Waals surface area contributed by atoms with Gasteiger partial charge >= 0.3 is 6.03 Å². The van der Waals surface area contributed by atoms with E-state index in [-0.39, 0.29) is 12.3 Å². The van der Waals surface area contributed by atoms with Crippen LogP contribution in [0.2, 0.25) is 10.0 Å². The highest BCUT2D eigenvalue weighted by Gasteiger charge is 2.06. The molecule has 0 radical (unpaired) electrons. The maximum Gasteiger partial charge on any atom is 0.337 e. The average molecular weight is 352 g/mol. The Morgan fingerprint density at radius 1 is 0.913 bits per heavy atom. The molecule has 0 saturated heterocycles. The lowest BCUT2D eigenvalue weighted by atomic mass is 10.1. The van der Waals surface area contributed by atoms with Crippen molar-refractivity contribution in [2.75, 3.05) is 5.32 Å². The number of hydrazine groups is 1. The maximum atomic E-state index is 11.7. The van der Waals surface area contributed by atoms with Gasteiger partial charge in [-0.25, -0.2) is 10.2 Å². The molecule has 7 heteroatoms. The first-order valence-corrected chi connectivity index (χ1v) is 7.65. The first-order valence-electron chi connectivity index (χ1n) is 6.89. The summed E-state index contributed by atoms with van der Waals surface area (Å²) in [4.78, 5) is 23.4. The van der Waals surface area contributed by atoms with Crippen molar-refractivity contribution in [1.29, 1.82) is 0 Å². The molecule has 0 atom stereocenters. The fourth-order valence-corrected chi connectivity index (χ4v) is 2.13.